The van der Waals surface area contributed by atoms with E-state index in [9.17, 15) is 9.59 Å². The maximum absolute atomic E-state index is 12.3. The molecule has 1 saturated heterocycles. The van der Waals surface area contributed by atoms with Gasteiger partial charge in [0.05, 0.1) is 19.1 Å². The molecule has 0 bridgehead atoms. The molecule has 31 heavy (non-hydrogen) atoms. The molecular formula is C25H26N2O4. The zero-order valence-corrected chi connectivity index (χ0v) is 17.3. The van der Waals surface area contributed by atoms with Crippen molar-refractivity contribution in [3.05, 3.63) is 72.3 Å². The third-order valence-corrected chi connectivity index (χ3v) is 5.28. The monoisotopic (exact) mass is 418 g/mol. The molecule has 6 nitrogen and oxygen atoms in total. The summed E-state index contributed by atoms with van der Waals surface area (Å²) in [7, 11) is 0. The van der Waals surface area contributed by atoms with Crippen molar-refractivity contribution < 1.29 is 19.1 Å². The zero-order valence-electron chi connectivity index (χ0n) is 17.3. The lowest BCUT2D eigenvalue weighted by Crippen LogP contribution is -2.33. The van der Waals surface area contributed by atoms with Gasteiger partial charge in [-0.05, 0) is 53.4 Å². The third-order valence-electron chi connectivity index (χ3n) is 5.28. The molecule has 4 rings (SSSR count). The predicted molar refractivity (Wildman–Crippen MR) is 120 cm³/mol. The standard InChI is InChI=1S/C25H26N2O4/c28-24(15-19-7-3-6-18-5-1-2-9-23(18)19)26-16-25(29)27-20-10-12-21(13-11-20)31-17-22-8-4-14-30-22/h1-3,5-7,9-13,22H,4,8,14-17H2,(H,26,28)(H,27,29). The molecule has 0 aliphatic carbocycles. The van der Waals surface area contributed by atoms with Crippen molar-refractivity contribution in [3.63, 3.8) is 0 Å². The number of hydrogen-bond acceptors (Lipinski definition) is 4. The number of benzene rings is 3. The first-order valence-corrected chi connectivity index (χ1v) is 10.5. The quantitative estimate of drug-likeness (QED) is 0.585. The second-order valence-electron chi connectivity index (χ2n) is 7.61. The van der Waals surface area contributed by atoms with E-state index in [1.165, 1.54) is 0 Å². The van der Waals surface area contributed by atoms with Gasteiger partial charge in [-0.15, -0.1) is 0 Å². The molecule has 6 heteroatoms. The van der Waals surface area contributed by atoms with Crippen molar-refractivity contribution in [1.82, 2.24) is 5.32 Å². The maximum atomic E-state index is 12.3. The van der Waals surface area contributed by atoms with Crippen molar-refractivity contribution in [2.75, 3.05) is 25.1 Å². The van der Waals surface area contributed by atoms with Crippen LogP contribution in [0.3, 0.4) is 0 Å². The average Bonchev–Trinajstić information content (AvgIpc) is 3.31. The summed E-state index contributed by atoms with van der Waals surface area (Å²) in [5.41, 5.74) is 1.59. The lowest BCUT2D eigenvalue weighted by molar-refractivity contribution is -0.123. The molecule has 1 atom stereocenters. The number of ether oxygens (including phenoxy) is 2. The summed E-state index contributed by atoms with van der Waals surface area (Å²) < 4.78 is 11.3. The fraction of sp³-hybridized carbons (Fsp3) is 0.280. The second-order valence-corrected chi connectivity index (χ2v) is 7.61. The highest BCUT2D eigenvalue weighted by atomic mass is 16.5. The van der Waals surface area contributed by atoms with Crippen LogP contribution in [-0.4, -0.2) is 37.7 Å². The van der Waals surface area contributed by atoms with E-state index in [0.29, 0.717) is 12.3 Å². The lowest BCUT2D eigenvalue weighted by atomic mass is 10.0. The number of nitrogens with one attached hydrogen (secondary N) is 2. The van der Waals surface area contributed by atoms with Crippen molar-refractivity contribution in [3.8, 4) is 5.75 Å². The number of carbonyl (C=O) groups is 2. The normalized spacial score (nSPS) is 15.5. The van der Waals surface area contributed by atoms with E-state index in [0.717, 1.165) is 41.5 Å². The van der Waals surface area contributed by atoms with Crippen LogP contribution in [0.15, 0.2) is 66.7 Å². The highest BCUT2D eigenvalue weighted by Crippen LogP contribution is 2.19. The first-order valence-electron chi connectivity index (χ1n) is 10.5. The Morgan fingerprint density at radius 3 is 2.58 bits per heavy atom. The predicted octanol–water partition coefficient (Wildman–Crippen LogP) is 3.70. The Kier molecular flexibility index (Phi) is 6.79. The van der Waals surface area contributed by atoms with Gasteiger partial charge in [0.25, 0.3) is 0 Å². The van der Waals surface area contributed by atoms with E-state index in [2.05, 4.69) is 10.6 Å². The summed E-state index contributed by atoms with van der Waals surface area (Å²) in [4.78, 5) is 24.5. The van der Waals surface area contributed by atoms with Gasteiger partial charge in [-0.3, -0.25) is 9.59 Å². The van der Waals surface area contributed by atoms with Crippen LogP contribution in [-0.2, 0) is 20.7 Å². The van der Waals surface area contributed by atoms with Gasteiger partial charge in [-0.1, -0.05) is 42.5 Å². The second kappa shape index (κ2) is 10.1. The molecule has 0 aromatic heterocycles. The number of amides is 2. The van der Waals surface area contributed by atoms with Crippen molar-refractivity contribution in [2.24, 2.45) is 0 Å². The first-order chi connectivity index (χ1) is 15.2. The third kappa shape index (κ3) is 5.83. The summed E-state index contributed by atoms with van der Waals surface area (Å²) >= 11 is 0. The van der Waals surface area contributed by atoms with Crippen molar-refractivity contribution in [2.45, 2.75) is 25.4 Å². The molecule has 1 heterocycles. The van der Waals surface area contributed by atoms with Crippen LogP contribution in [0.2, 0.25) is 0 Å². The van der Waals surface area contributed by atoms with Gasteiger partial charge in [0.1, 0.15) is 12.4 Å². The molecule has 1 aliphatic heterocycles. The Balaban J connectivity index is 1.22. The fourth-order valence-corrected chi connectivity index (χ4v) is 3.67. The first kappa shape index (κ1) is 20.9. The van der Waals surface area contributed by atoms with Crippen LogP contribution < -0.4 is 15.4 Å². The zero-order chi connectivity index (χ0) is 21.5. The number of hydrogen-bond donors (Lipinski definition) is 2. The molecule has 1 fully saturated rings. The van der Waals surface area contributed by atoms with E-state index < -0.39 is 0 Å². The molecule has 1 unspecified atom stereocenters. The average molecular weight is 418 g/mol. The summed E-state index contributed by atoms with van der Waals surface area (Å²) in [5.74, 6) is 0.264. The van der Waals surface area contributed by atoms with E-state index in [-0.39, 0.29) is 30.9 Å². The summed E-state index contributed by atoms with van der Waals surface area (Å²) in [6, 6.07) is 21.0. The SMILES string of the molecule is O=C(Cc1cccc2ccccc12)NCC(=O)Nc1ccc(OCC2CCCO2)cc1. The molecule has 160 valence electrons. The van der Waals surface area contributed by atoms with Crippen molar-refractivity contribution in [1.29, 1.82) is 0 Å². The van der Waals surface area contributed by atoms with Crippen LogP contribution in [0.4, 0.5) is 5.69 Å². The minimum Gasteiger partial charge on any atom is -0.491 e. The smallest absolute Gasteiger partial charge is 0.243 e. The van der Waals surface area contributed by atoms with Gasteiger partial charge in [-0.25, -0.2) is 0 Å². The largest absolute Gasteiger partial charge is 0.491 e. The van der Waals surface area contributed by atoms with Gasteiger partial charge in [0.15, 0.2) is 0 Å². The van der Waals surface area contributed by atoms with Gasteiger partial charge in [0, 0.05) is 12.3 Å². The summed E-state index contributed by atoms with van der Waals surface area (Å²) in [6.45, 7) is 1.26. The van der Waals surface area contributed by atoms with E-state index in [1.54, 1.807) is 12.1 Å². The topological polar surface area (TPSA) is 76.7 Å². The molecule has 3 aromatic rings. The van der Waals surface area contributed by atoms with Crippen LogP contribution >= 0.6 is 0 Å². The number of anilines is 1. The number of rotatable bonds is 8. The van der Waals surface area contributed by atoms with E-state index >= 15 is 0 Å². The Labute approximate surface area is 181 Å². The summed E-state index contributed by atoms with van der Waals surface area (Å²) in [5, 5.41) is 7.61. The molecule has 0 spiro atoms. The van der Waals surface area contributed by atoms with Crippen molar-refractivity contribution >= 4 is 28.3 Å². The van der Waals surface area contributed by atoms with E-state index in [1.807, 2.05) is 54.6 Å². The van der Waals surface area contributed by atoms with Gasteiger partial charge >= 0.3 is 0 Å². The molecule has 0 saturated carbocycles. The Morgan fingerprint density at radius 2 is 1.77 bits per heavy atom. The van der Waals surface area contributed by atoms with Crippen LogP contribution in [0, 0.1) is 0 Å². The molecule has 2 amide bonds. The Hall–Kier alpha value is -3.38. The lowest BCUT2D eigenvalue weighted by Gasteiger charge is -2.12. The minimum absolute atomic E-state index is 0.0825. The molecule has 1 aliphatic rings. The summed E-state index contributed by atoms with van der Waals surface area (Å²) in [6.07, 6.45) is 2.50. The number of fused-ring (bicyclic) bond motifs is 1. The number of carbonyl (C=O) groups excluding carboxylic acids is 2. The highest BCUT2D eigenvalue weighted by molar-refractivity contribution is 5.95. The Bertz CT molecular complexity index is 1040. The Morgan fingerprint density at radius 1 is 0.968 bits per heavy atom. The van der Waals surface area contributed by atoms with Crippen LogP contribution in [0.1, 0.15) is 18.4 Å². The maximum Gasteiger partial charge on any atom is 0.243 e. The van der Waals surface area contributed by atoms with Crippen LogP contribution in [0.25, 0.3) is 10.8 Å². The van der Waals surface area contributed by atoms with Gasteiger partial charge in [0.2, 0.25) is 11.8 Å². The fourth-order valence-electron chi connectivity index (χ4n) is 3.67. The molecule has 0 radical (unpaired) electrons. The van der Waals surface area contributed by atoms with Crippen LogP contribution in [0.5, 0.6) is 5.75 Å². The minimum atomic E-state index is -0.278. The molecule has 3 aromatic carbocycles. The molecular weight excluding hydrogens is 392 g/mol. The van der Waals surface area contributed by atoms with Gasteiger partial charge < -0.3 is 20.1 Å². The highest BCUT2D eigenvalue weighted by Gasteiger charge is 2.16. The van der Waals surface area contributed by atoms with E-state index in [4.69, 9.17) is 9.47 Å². The molecule has 2 N–H and O–H groups in total. The van der Waals surface area contributed by atoms with Gasteiger partial charge in [-0.2, -0.15) is 0 Å².